The van der Waals surface area contributed by atoms with Gasteiger partial charge in [-0.3, -0.25) is 4.79 Å². The summed E-state index contributed by atoms with van der Waals surface area (Å²) in [6, 6.07) is 47.5. The average molecular weight is 523 g/mol. The number of unbranched alkanes of at least 4 members (excludes halogenated alkanes) is 1. The number of carbonyl (C=O) groups excluding carboxylic acids is 1. The minimum atomic E-state index is -0.913. The summed E-state index contributed by atoms with van der Waals surface area (Å²) >= 11 is 0. The van der Waals surface area contributed by atoms with Gasteiger partial charge >= 0.3 is 0 Å². The van der Waals surface area contributed by atoms with Crippen molar-refractivity contribution in [2.24, 2.45) is 0 Å². The number of Topliss-reactive ketones (excluding diaryl/α,β-unsaturated/α-hetero) is 1. The SMILES string of the molecule is CCCC[B-](c1ccccc1)(c1ccccc1)c1ccccc1.N#Cc1ccc(C(=O)C[n+]2ccccc2)cc1. The van der Waals surface area contributed by atoms with E-state index in [-0.39, 0.29) is 5.78 Å². The van der Waals surface area contributed by atoms with Gasteiger partial charge in [-0.2, -0.15) is 32.5 Å². The Labute approximate surface area is 238 Å². The number of nitriles is 1. The lowest BCUT2D eigenvalue weighted by Crippen LogP contribution is -2.66. The number of nitrogens with zero attached hydrogens (tertiary/aromatic N) is 2. The second-order valence-electron chi connectivity index (χ2n) is 10.1. The van der Waals surface area contributed by atoms with Crippen LogP contribution in [-0.4, -0.2) is 11.9 Å². The van der Waals surface area contributed by atoms with E-state index in [1.807, 2.05) is 41.2 Å². The van der Waals surface area contributed by atoms with Gasteiger partial charge in [0, 0.05) is 17.7 Å². The molecule has 0 spiro atoms. The second-order valence-corrected chi connectivity index (χ2v) is 10.1. The van der Waals surface area contributed by atoms with Gasteiger partial charge in [-0.15, -0.1) is 0 Å². The second kappa shape index (κ2) is 14.4. The number of ketones is 1. The van der Waals surface area contributed by atoms with Crippen LogP contribution in [0.2, 0.25) is 6.32 Å². The van der Waals surface area contributed by atoms with Crippen molar-refractivity contribution in [3.05, 3.63) is 157 Å². The first kappa shape index (κ1) is 28.3. The Bertz CT molecular complexity index is 1400. The molecule has 198 valence electrons. The molecule has 0 aliphatic carbocycles. The van der Waals surface area contributed by atoms with Crippen LogP contribution in [0.3, 0.4) is 0 Å². The lowest BCUT2D eigenvalue weighted by molar-refractivity contribution is -0.683. The van der Waals surface area contributed by atoms with E-state index in [9.17, 15) is 4.79 Å². The molecule has 0 radical (unpaired) electrons. The van der Waals surface area contributed by atoms with Crippen molar-refractivity contribution in [1.82, 2.24) is 0 Å². The number of carbonyl (C=O) groups is 1. The monoisotopic (exact) mass is 522 g/mol. The van der Waals surface area contributed by atoms with Crippen molar-refractivity contribution in [1.29, 1.82) is 5.26 Å². The first-order valence-corrected chi connectivity index (χ1v) is 14.0. The van der Waals surface area contributed by atoms with Gasteiger partial charge in [0.2, 0.25) is 12.3 Å². The average Bonchev–Trinajstić information content (AvgIpc) is 3.04. The van der Waals surface area contributed by atoms with Crippen molar-refractivity contribution in [3.63, 3.8) is 0 Å². The van der Waals surface area contributed by atoms with Crippen molar-refractivity contribution >= 4 is 28.3 Å². The molecule has 0 N–H and O–H groups in total. The summed E-state index contributed by atoms with van der Waals surface area (Å²) in [4.78, 5) is 11.9. The molecule has 0 fully saturated rings. The van der Waals surface area contributed by atoms with E-state index in [0.29, 0.717) is 17.7 Å². The van der Waals surface area contributed by atoms with Gasteiger partial charge in [-0.05, 0) is 24.3 Å². The number of rotatable bonds is 9. The van der Waals surface area contributed by atoms with Crippen molar-refractivity contribution in [3.8, 4) is 6.07 Å². The fraction of sp³-hybridized carbons (Fsp3) is 0.139. The zero-order valence-corrected chi connectivity index (χ0v) is 23.1. The summed E-state index contributed by atoms with van der Waals surface area (Å²) in [5.74, 6) is 0.0330. The van der Waals surface area contributed by atoms with E-state index < -0.39 is 6.15 Å². The molecule has 1 heterocycles. The first-order valence-electron chi connectivity index (χ1n) is 14.0. The highest BCUT2D eigenvalue weighted by Crippen LogP contribution is 2.16. The Morgan fingerprint density at radius 3 is 1.55 bits per heavy atom. The third kappa shape index (κ3) is 7.01. The molecule has 3 nitrogen and oxygen atoms in total. The highest BCUT2D eigenvalue weighted by Gasteiger charge is 2.28. The van der Waals surface area contributed by atoms with E-state index in [4.69, 9.17) is 5.26 Å². The highest BCUT2D eigenvalue weighted by atomic mass is 16.1. The predicted octanol–water partition coefficient (Wildman–Crippen LogP) is 5.69. The fourth-order valence-corrected chi connectivity index (χ4v) is 5.46. The minimum absolute atomic E-state index is 0.0330. The molecule has 0 aliphatic heterocycles. The number of hydrogen-bond acceptors (Lipinski definition) is 2. The summed E-state index contributed by atoms with van der Waals surface area (Å²) in [5, 5.41) is 8.66. The van der Waals surface area contributed by atoms with Crippen LogP contribution >= 0.6 is 0 Å². The summed E-state index contributed by atoms with van der Waals surface area (Å²) in [5.41, 5.74) is 5.52. The van der Waals surface area contributed by atoms with Gasteiger partial charge in [0.25, 0.3) is 0 Å². The van der Waals surface area contributed by atoms with Crippen LogP contribution in [0.5, 0.6) is 0 Å². The molecule has 0 atom stereocenters. The largest absolute Gasteiger partial charge is 0.287 e. The molecule has 0 bridgehead atoms. The van der Waals surface area contributed by atoms with Gasteiger partial charge in [-0.1, -0.05) is 117 Å². The van der Waals surface area contributed by atoms with Gasteiger partial charge in [0.15, 0.2) is 12.4 Å². The topological polar surface area (TPSA) is 44.7 Å². The van der Waals surface area contributed by atoms with Gasteiger partial charge in [-0.25, -0.2) is 0 Å². The molecule has 5 aromatic rings. The van der Waals surface area contributed by atoms with Crippen molar-refractivity contribution in [2.75, 3.05) is 0 Å². The molecule has 1 aromatic heterocycles. The van der Waals surface area contributed by atoms with E-state index in [1.165, 1.54) is 35.6 Å². The van der Waals surface area contributed by atoms with Gasteiger partial charge < -0.3 is 0 Å². The molecular weight excluding hydrogens is 487 g/mol. The summed E-state index contributed by atoms with van der Waals surface area (Å²) < 4.78 is 1.82. The Hall–Kier alpha value is -4.75. The number of benzene rings is 4. The Kier molecular flexibility index (Phi) is 10.2. The smallest absolute Gasteiger partial charge is 0.227 e. The zero-order valence-electron chi connectivity index (χ0n) is 23.1. The fourth-order valence-electron chi connectivity index (χ4n) is 5.46. The maximum Gasteiger partial charge on any atom is 0.227 e. The van der Waals surface area contributed by atoms with Crippen molar-refractivity contribution < 1.29 is 9.36 Å². The number of aromatic nitrogens is 1. The standard InChI is InChI=1S/C22H24B.C14H11N2O/c1-2-3-19-23(20-13-7-4-8-14-20,21-15-9-5-10-16-21)22-17-11-6-12-18-22;15-10-12-4-6-13(7-5-12)14(17)11-16-8-2-1-3-9-16/h4-18H,2-3,19H2,1H3;1-9H,11H2/q-1;+1. The lowest BCUT2D eigenvalue weighted by Gasteiger charge is -2.43. The van der Waals surface area contributed by atoms with Crippen LogP contribution in [0.1, 0.15) is 35.7 Å². The maximum atomic E-state index is 11.9. The van der Waals surface area contributed by atoms with Crippen LogP contribution < -0.4 is 21.0 Å². The van der Waals surface area contributed by atoms with Gasteiger partial charge in [0.1, 0.15) is 0 Å². The van der Waals surface area contributed by atoms with Crippen molar-refractivity contribution in [2.45, 2.75) is 32.6 Å². The normalized spacial score (nSPS) is 10.6. The molecule has 4 aromatic carbocycles. The van der Waals surface area contributed by atoms with Crippen LogP contribution in [0.25, 0.3) is 0 Å². The molecular formula is C36H35BN2O. The van der Waals surface area contributed by atoms with Crippen LogP contribution in [0.15, 0.2) is 146 Å². The van der Waals surface area contributed by atoms with E-state index >= 15 is 0 Å². The van der Waals surface area contributed by atoms with Crippen LogP contribution in [-0.2, 0) is 6.54 Å². The lowest BCUT2D eigenvalue weighted by atomic mass is 9.14. The number of pyridine rings is 1. The first-order chi connectivity index (χ1) is 19.7. The summed E-state index contributed by atoms with van der Waals surface area (Å²) in [6.45, 7) is 2.59. The predicted molar refractivity (Wildman–Crippen MR) is 166 cm³/mol. The molecule has 0 aliphatic rings. The summed E-state index contributed by atoms with van der Waals surface area (Å²) in [7, 11) is 0. The number of hydrogen-bond donors (Lipinski definition) is 0. The summed E-state index contributed by atoms with van der Waals surface area (Å²) in [6.07, 6.45) is 6.43. The zero-order chi connectivity index (χ0) is 28.0. The van der Waals surface area contributed by atoms with E-state index in [0.717, 1.165) is 0 Å². The molecule has 40 heavy (non-hydrogen) atoms. The molecule has 5 rings (SSSR count). The van der Waals surface area contributed by atoms with Gasteiger partial charge in [0.05, 0.1) is 17.8 Å². The third-order valence-electron chi connectivity index (χ3n) is 7.54. The molecule has 4 heteroatoms. The Morgan fingerprint density at radius 1 is 0.675 bits per heavy atom. The molecule has 0 amide bonds. The Morgan fingerprint density at radius 2 is 1.12 bits per heavy atom. The molecule has 0 saturated heterocycles. The Balaban J connectivity index is 0.000000194. The van der Waals surface area contributed by atoms with E-state index in [1.54, 1.807) is 24.3 Å². The quantitative estimate of drug-likeness (QED) is 0.142. The highest BCUT2D eigenvalue weighted by molar-refractivity contribution is 7.11. The third-order valence-corrected chi connectivity index (χ3v) is 7.54. The maximum absolute atomic E-state index is 11.9. The van der Waals surface area contributed by atoms with Crippen LogP contribution in [0.4, 0.5) is 0 Å². The molecule has 0 saturated carbocycles. The van der Waals surface area contributed by atoms with E-state index in [2.05, 4.69) is 97.9 Å². The minimum Gasteiger partial charge on any atom is -0.287 e. The molecule has 0 unspecified atom stereocenters. The van der Waals surface area contributed by atoms with Crippen LogP contribution in [0, 0.1) is 11.3 Å².